The Morgan fingerprint density at radius 2 is 1.79 bits per heavy atom. The van der Waals surface area contributed by atoms with Crippen molar-refractivity contribution >= 4 is 15.9 Å². The van der Waals surface area contributed by atoms with Crippen LogP contribution in [0.15, 0.2) is 41.3 Å². The molecule has 2 heterocycles. The van der Waals surface area contributed by atoms with Crippen LogP contribution in [0.5, 0.6) is 0 Å². The smallest absolute Gasteiger partial charge is 0.272 e. The summed E-state index contributed by atoms with van der Waals surface area (Å²) in [4.78, 5) is 13.3. The van der Waals surface area contributed by atoms with Crippen molar-refractivity contribution in [3.05, 3.63) is 81.2 Å². The molecule has 2 aromatic carbocycles. The van der Waals surface area contributed by atoms with Crippen LogP contribution in [0.25, 0.3) is 0 Å². The van der Waals surface area contributed by atoms with Gasteiger partial charge in [0, 0.05) is 44.4 Å². The van der Waals surface area contributed by atoms with Gasteiger partial charge in [-0.15, -0.1) is 0 Å². The minimum atomic E-state index is -3.70. The van der Waals surface area contributed by atoms with Gasteiger partial charge >= 0.3 is 0 Å². The first-order valence-corrected chi connectivity index (χ1v) is 12.5. The lowest BCUT2D eigenvalue weighted by molar-refractivity contribution is 0.0943. The number of rotatable bonds is 5. The van der Waals surface area contributed by atoms with Crippen molar-refractivity contribution in [3.8, 4) is 0 Å². The fraction of sp³-hybridized carbons (Fsp3) is 0.360. The van der Waals surface area contributed by atoms with Crippen LogP contribution in [-0.4, -0.2) is 35.0 Å². The minimum absolute atomic E-state index is 0.130. The SMILES string of the molecule is Cc1cccc(CNC(=O)c2nn(C)c3c2CN(S(=O)(=O)c2cc(C)c(C)cc2C)CC3)c1. The summed E-state index contributed by atoms with van der Waals surface area (Å²) in [5.41, 5.74) is 6.72. The first kappa shape index (κ1) is 23.2. The minimum Gasteiger partial charge on any atom is -0.347 e. The van der Waals surface area contributed by atoms with Gasteiger partial charge in [0.1, 0.15) is 0 Å². The molecule has 0 aliphatic carbocycles. The molecule has 174 valence electrons. The Bertz CT molecular complexity index is 1340. The van der Waals surface area contributed by atoms with Crippen LogP contribution in [0, 0.1) is 27.7 Å². The van der Waals surface area contributed by atoms with Crippen molar-refractivity contribution in [3.63, 3.8) is 0 Å². The number of nitrogens with zero attached hydrogens (tertiary/aromatic N) is 3. The van der Waals surface area contributed by atoms with Crippen LogP contribution in [0.4, 0.5) is 0 Å². The van der Waals surface area contributed by atoms with Crippen LogP contribution in [0.2, 0.25) is 0 Å². The molecule has 0 saturated heterocycles. The molecule has 1 N–H and O–H groups in total. The average Bonchev–Trinajstić information content (AvgIpc) is 3.10. The highest BCUT2D eigenvalue weighted by molar-refractivity contribution is 7.89. The van der Waals surface area contributed by atoms with Crippen LogP contribution < -0.4 is 5.32 Å². The molecule has 1 amide bonds. The molecule has 0 fully saturated rings. The van der Waals surface area contributed by atoms with E-state index in [0.29, 0.717) is 30.0 Å². The summed E-state index contributed by atoms with van der Waals surface area (Å²) in [5.74, 6) is -0.296. The van der Waals surface area contributed by atoms with Crippen LogP contribution in [0.3, 0.4) is 0 Å². The third kappa shape index (κ3) is 4.45. The van der Waals surface area contributed by atoms with Gasteiger partial charge in [-0.25, -0.2) is 8.42 Å². The van der Waals surface area contributed by atoms with Gasteiger partial charge in [-0.1, -0.05) is 35.9 Å². The lowest BCUT2D eigenvalue weighted by Crippen LogP contribution is -2.37. The molecule has 3 aromatic rings. The van der Waals surface area contributed by atoms with E-state index in [9.17, 15) is 13.2 Å². The molecule has 33 heavy (non-hydrogen) atoms. The largest absolute Gasteiger partial charge is 0.347 e. The van der Waals surface area contributed by atoms with Crippen molar-refractivity contribution in [2.45, 2.75) is 52.1 Å². The zero-order valence-corrected chi connectivity index (χ0v) is 20.6. The van der Waals surface area contributed by atoms with Crippen LogP contribution in [-0.2, 0) is 36.6 Å². The van der Waals surface area contributed by atoms with E-state index in [2.05, 4.69) is 10.4 Å². The van der Waals surface area contributed by atoms with Gasteiger partial charge in [-0.05, 0) is 56.0 Å². The second kappa shape index (κ2) is 8.76. The Morgan fingerprint density at radius 3 is 2.52 bits per heavy atom. The predicted molar refractivity (Wildman–Crippen MR) is 128 cm³/mol. The summed E-state index contributed by atoms with van der Waals surface area (Å²) in [5, 5.41) is 7.37. The van der Waals surface area contributed by atoms with E-state index in [1.807, 2.05) is 58.0 Å². The van der Waals surface area contributed by atoms with E-state index in [1.165, 1.54) is 4.31 Å². The first-order chi connectivity index (χ1) is 15.6. The topological polar surface area (TPSA) is 84.3 Å². The van der Waals surface area contributed by atoms with Crippen molar-refractivity contribution < 1.29 is 13.2 Å². The Labute approximate surface area is 195 Å². The molecule has 1 aromatic heterocycles. The maximum Gasteiger partial charge on any atom is 0.272 e. The number of fused-ring (bicyclic) bond motifs is 1. The summed E-state index contributed by atoms with van der Waals surface area (Å²) < 4.78 is 30.2. The number of benzene rings is 2. The summed E-state index contributed by atoms with van der Waals surface area (Å²) in [7, 11) is -1.90. The van der Waals surface area contributed by atoms with E-state index >= 15 is 0 Å². The fourth-order valence-electron chi connectivity index (χ4n) is 4.39. The van der Waals surface area contributed by atoms with Crippen molar-refractivity contribution in [1.82, 2.24) is 19.4 Å². The molecule has 0 saturated carbocycles. The third-order valence-electron chi connectivity index (χ3n) is 6.37. The molecule has 0 bridgehead atoms. The van der Waals surface area contributed by atoms with Gasteiger partial charge in [0.25, 0.3) is 5.91 Å². The number of nitrogens with one attached hydrogen (secondary N) is 1. The number of hydrogen-bond acceptors (Lipinski definition) is 4. The molecule has 0 unspecified atom stereocenters. The van der Waals surface area contributed by atoms with Crippen molar-refractivity contribution in [2.75, 3.05) is 6.54 Å². The quantitative estimate of drug-likeness (QED) is 0.625. The van der Waals surface area contributed by atoms with Gasteiger partial charge in [0.2, 0.25) is 10.0 Å². The Hall–Kier alpha value is -2.97. The maximum absolute atomic E-state index is 13.5. The van der Waals surface area contributed by atoms with E-state index in [-0.39, 0.29) is 18.1 Å². The first-order valence-electron chi connectivity index (χ1n) is 11.0. The Balaban J connectivity index is 1.60. The number of carbonyl (C=O) groups excluding carboxylic acids is 1. The summed E-state index contributed by atoms with van der Waals surface area (Å²) in [6.07, 6.45) is 0.507. The Morgan fingerprint density at radius 1 is 1.06 bits per heavy atom. The standard InChI is InChI=1S/C25H30N4O3S/c1-16-7-6-8-20(11-16)14-26-25(30)24-21-15-29(10-9-22(21)28(5)27-24)33(31,32)23-13-18(3)17(2)12-19(23)4/h6-8,11-13H,9-10,14-15H2,1-5H3,(H,26,30). The van der Waals surface area contributed by atoms with Gasteiger partial charge in [-0.2, -0.15) is 9.40 Å². The highest BCUT2D eigenvalue weighted by Crippen LogP contribution is 2.29. The molecule has 8 heteroatoms. The summed E-state index contributed by atoms with van der Waals surface area (Å²) in [6, 6.07) is 11.6. The molecule has 1 aliphatic rings. The molecule has 0 spiro atoms. The fourth-order valence-corrected chi connectivity index (χ4v) is 6.09. The third-order valence-corrected chi connectivity index (χ3v) is 8.35. The molecular weight excluding hydrogens is 436 g/mol. The van der Waals surface area contributed by atoms with Crippen molar-refractivity contribution in [1.29, 1.82) is 0 Å². The zero-order chi connectivity index (χ0) is 23.9. The number of hydrogen-bond donors (Lipinski definition) is 1. The van der Waals surface area contributed by atoms with E-state index in [0.717, 1.165) is 33.5 Å². The second-order valence-corrected chi connectivity index (χ2v) is 10.8. The molecule has 7 nitrogen and oxygen atoms in total. The highest BCUT2D eigenvalue weighted by Gasteiger charge is 2.34. The lowest BCUT2D eigenvalue weighted by atomic mass is 10.1. The van der Waals surface area contributed by atoms with Crippen LogP contribution >= 0.6 is 0 Å². The molecule has 0 atom stereocenters. The van der Waals surface area contributed by atoms with E-state index in [1.54, 1.807) is 17.8 Å². The lowest BCUT2D eigenvalue weighted by Gasteiger charge is -2.27. The summed E-state index contributed by atoms with van der Waals surface area (Å²) >= 11 is 0. The molecule has 1 aliphatic heterocycles. The number of aryl methyl sites for hydroxylation is 5. The van der Waals surface area contributed by atoms with Crippen molar-refractivity contribution in [2.24, 2.45) is 7.05 Å². The zero-order valence-electron chi connectivity index (χ0n) is 19.8. The maximum atomic E-state index is 13.5. The van der Waals surface area contributed by atoms with Gasteiger partial charge in [-0.3, -0.25) is 9.48 Å². The normalized spacial score (nSPS) is 14.2. The number of aromatic nitrogens is 2. The average molecular weight is 467 g/mol. The van der Waals surface area contributed by atoms with Gasteiger partial charge in [0.05, 0.1) is 4.90 Å². The predicted octanol–water partition coefficient (Wildman–Crippen LogP) is 3.33. The molecule has 0 radical (unpaired) electrons. The number of carbonyl (C=O) groups is 1. The number of sulfonamides is 1. The van der Waals surface area contributed by atoms with Gasteiger partial charge in [0.15, 0.2) is 5.69 Å². The van der Waals surface area contributed by atoms with Crippen LogP contribution in [0.1, 0.15) is 49.6 Å². The Kier molecular flexibility index (Phi) is 6.16. The monoisotopic (exact) mass is 466 g/mol. The molecular formula is C25H30N4O3S. The highest BCUT2D eigenvalue weighted by atomic mass is 32.2. The number of amides is 1. The van der Waals surface area contributed by atoms with Gasteiger partial charge < -0.3 is 5.32 Å². The van der Waals surface area contributed by atoms with E-state index in [4.69, 9.17) is 0 Å². The van der Waals surface area contributed by atoms with E-state index < -0.39 is 10.0 Å². The second-order valence-electron chi connectivity index (χ2n) is 8.86. The molecule has 4 rings (SSSR count). The summed E-state index contributed by atoms with van der Waals surface area (Å²) in [6.45, 7) is 8.59.